The molecule has 6 heteroatoms. The zero-order valence-electron chi connectivity index (χ0n) is 12.8. The van der Waals surface area contributed by atoms with Crippen LogP contribution in [0, 0.1) is 6.92 Å². The standard InChI is InChI=1S/C18H14Br2O4/c1-9-13(19)6-10(7-14(9)20)18(23)17-12-3-2-11(22)8-16(12)24-15(17)4-5-21/h2-3,6-8,21-22H,4-5H2,1H3. The van der Waals surface area contributed by atoms with Crippen LogP contribution in [0.2, 0.25) is 0 Å². The maximum absolute atomic E-state index is 13.1. The molecule has 0 amide bonds. The number of hydrogen-bond donors (Lipinski definition) is 2. The number of hydrogen-bond acceptors (Lipinski definition) is 4. The van der Waals surface area contributed by atoms with Crippen LogP contribution >= 0.6 is 31.9 Å². The zero-order chi connectivity index (χ0) is 17.4. The highest BCUT2D eigenvalue weighted by Crippen LogP contribution is 2.33. The number of ketones is 1. The van der Waals surface area contributed by atoms with Gasteiger partial charge in [-0.1, -0.05) is 31.9 Å². The van der Waals surface area contributed by atoms with Gasteiger partial charge in [0.2, 0.25) is 0 Å². The predicted molar refractivity (Wildman–Crippen MR) is 98.7 cm³/mol. The van der Waals surface area contributed by atoms with E-state index in [-0.39, 0.29) is 24.6 Å². The molecule has 0 aliphatic heterocycles. The Labute approximate surface area is 155 Å². The highest BCUT2D eigenvalue weighted by molar-refractivity contribution is 9.11. The third kappa shape index (κ3) is 3.01. The van der Waals surface area contributed by atoms with Crippen LogP contribution in [0.1, 0.15) is 27.2 Å². The number of aliphatic hydroxyl groups is 1. The molecule has 0 atom stereocenters. The number of carbonyl (C=O) groups is 1. The van der Waals surface area contributed by atoms with Gasteiger partial charge in [0.15, 0.2) is 5.78 Å². The lowest BCUT2D eigenvalue weighted by Crippen LogP contribution is -2.05. The first kappa shape index (κ1) is 17.2. The summed E-state index contributed by atoms with van der Waals surface area (Å²) in [4.78, 5) is 13.1. The van der Waals surface area contributed by atoms with E-state index >= 15 is 0 Å². The molecule has 4 nitrogen and oxygen atoms in total. The zero-order valence-corrected chi connectivity index (χ0v) is 15.9. The van der Waals surface area contributed by atoms with Crippen LogP contribution in [0.25, 0.3) is 11.0 Å². The van der Waals surface area contributed by atoms with Crippen LogP contribution in [0.15, 0.2) is 43.7 Å². The third-order valence-electron chi connectivity index (χ3n) is 3.86. The summed E-state index contributed by atoms with van der Waals surface area (Å²) >= 11 is 6.92. The molecule has 0 aliphatic carbocycles. The number of fused-ring (bicyclic) bond motifs is 1. The predicted octanol–water partition coefficient (Wildman–Crippen LogP) is 4.74. The van der Waals surface area contributed by atoms with E-state index < -0.39 is 0 Å². The molecule has 24 heavy (non-hydrogen) atoms. The van der Waals surface area contributed by atoms with Crippen molar-refractivity contribution in [3.63, 3.8) is 0 Å². The molecule has 0 spiro atoms. The highest BCUT2D eigenvalue weighted by atomic mass is 79.9. The van der Waals surface area contributed by atoms with Gasteiger partial charge in [-0.15, -0.1) is 0 Å². The summed E-state index contributed by atoms with van der Waals surface area (Å²) in [5, 5.41) is 19.5. The number of phenolic OH excluding ortho intramolecular Hbond substituents is 1. The van der Waals surface area contributed by atoms with Crippen molar-refractivity contribution in [1.29, 1.82) is 0 Å². The summed E-state index contributed by atoms with van der Waals surface area (Å²) in [6, 6.07) is 8.17. The van der Waals surface area contributed by atoms with Crippen LogP contribution in [0.5, 0.6) is 5.75 Å². The number of benzene rings is 2. The smallest absolute Gasteiger partial charge is 0.197 e. The van der Waals surface area contributed by atoms with E-state index in [9.17, 15) is 15.0 Å². The fraction of sp³-hybridized carbons (Fsp3) is 0.167. The second-order valence-corrected chi connectivity index (χ2v) is 7.16. The number of rotatable bonds is 4. The van der Waals surface area contributed by atoms with Gasteiger partial charge < -0.3 is 14.6 Å². The quantitative estimate of drug-likeness (QED) is 0.560. The molecule has 3 aromatic rings. The van der Waals surface area contributed by atoms with Crippen molar-refractivity contribution in [3.05, 3.63) is 61.7 Å². The molecular weight excluding hydrogens is 440 g/mol. The number of aromatic hydroxyl groups is 1. The van der Waals surface area contributed by atoms with Gasteiger partial charge in [0, 0.05) is 32.4 Å². The Morgan fingerprint density at radius 1 is 1.17 bits per heavy atom. The van der Waals surface area contributed by atoms with Crippen LogP contribution in [0.4, 0.5) is 0 Å². The topological polar surface area (TPSA) is 70.7 Å². The summed E-state index contributed by atoms with van der Waals surface area (Å²) in [5.74, 6) is 0.284. The Kier molecular flexibility index (Phi) is 4.80. The fourth-order valence-corrected chi connectivity index (χ4v) is 3.77. The van der Waals surface area contributed by atoms with Crippen LogP contribution in [-0.4, -0.2) is 22.6 Å². The average Bonchev–Trinajstić information content (AvgIpc) is 2.88. The summed E-state index contributed by atoms with van der Waals surface area (Å²) in [6.45, 7) is 1.81. The molecule has 1 aromatic heterocycles. The lowest BCUT2D eigenvalue weighted by molar-refractivity contribution is 0.103. The molecule has 0 saturated heterocycles. The van der Waals surface area contributed by atoms with Gasteiger partial charge in [0.1, 0.15) is 17.1 Å². The first-order valence-electron chi connectivity index (χ1n) is 7.28. The van der Waals surface area contributed by atoms with E-state index in [0.29, 0.717) is 27.9 Å². The van der Waals surface area contributed by atoms with Crippen molar-refractivity contribution in [2.75, 3.05) is 6.61 Å². The molecule has 2 aromatic carbocycles. The number of halogens is 2. The fourth-order valence-electron chi connectivity index (χ4n) is 2.58. The van der Waals surface area contributed by atoms with Crippen molar-refractivity contribution >= 4 is 48.6 Å². The van der Waals surface area contributed by atoms with Crippen molar-refractivity contribution < 1.29 is 19.4 Å². The maximum Gasteiger partial charge on any atom is 0.197 e. The molecule has 0 radical (unpaired) electrons. The van der Waals surface area contributed by atoms with E-state index in [1.54, 1.807) is 18.2 Å². The third-order valence-corrected chi connectivity index (χ3v) is 5.50. The molecule has 1 heterocycles. The van der Waals surface area contributed by atoms with Gasteiger partial charge in [-0.2, -0.15) is 0 Å². The van der Waals surface area contributed by atoms with Crippen LogP contribution < -0.4 is 0 Å². The van der Waals surface area contributed by atoms with Gasteiger partial charge in [-0.05, 0) is 36.8 Å². The number of furan rings is 1. The Morgan fingerprint density at radius 3 is 2.46 bits per heavy atom. The largest absolute Gasteiger partial charge is 0.508 e. The maximum atomic E-state index is 13.1. The number of aliphatic hydroxyl groups excluding tert-OH is 1. The molecule has 0 saturated carbocycles. The van der Waals surface area contributed by atoms with E-state index in [2.05, 4.69) is 31.9 Å². The minimum Gasteiger partial charge on any atom is -0.508 e. The summed E-state index contributed by atoms with van der Waals surface area (Å²) < 4.78 is 7.34. The van der Waals surface area contributed by atoms with Crippen molar-refractivity contribution in [3.8, 4) is 5.75 Å². The van der Waals surface area contributed by atoms with E-state index in [1.807, 2.05) is 6.92 Å². The summed E-state index contributed by atoms with van der Waals surface area (Å²) in [7, 11) is 0. The highest BCUT2D eigenvalue weighted by Gasteiger charge is 2.23. The molecule has 0 bridgehead atoms. The Hall–Kier alpha value is -1.63. The molecule has 0 fully saturated rings. The molecular formula is C18H14Br2O4. The van der Waals surface area contributed by atoms with Crippen molar-refractivity contribution in [1.82, 2.24) is 0 Å². The Bertz CT molecular complexity index is 921. The van der Waals surface area contributed by atoms with Crippen LogP contribution in [-0.2, 0) is 6.42 Å². The minimum atomic E-state index is -0.190. The monoisotopic (exact) mass is 452 g/mol. The van der Waals surface area contributed by atoms with Gasteiger partial charge in [0.25, 0.3) is 0 Å². The summed E-state index contributed by atoms with van der Waals surface area (Å²) in [5.41, 5.74) is 2.35. The molecule has 0 aliphatic rings. The lowest BCUT2D eigenvalue weighted by Gasteiger charge is -2.07. The van der Waals surface area contributed by atoms with Gasteiger partial charge in [-0.3, -0.25) is 4.79 Å². The van der Waals surface area contributed by atoms with Crippen molar-refractivity contribution in [2.45, 2.75) is 13.3 Å². The molecule has 2 N–H and O–H groups in total. The molecule has 3 rings (SSSR count). The van der Waals surface area contributed by atoms with Crippen molar-refractivity contribution in [2.24, 2.45) is 0 Å². The number of phenols is 1. The summed E-state index contributed by atoms with van der Waals surface area (Å²) in [6.07, 6.45) is 0.227. The second kappa shape index (κ2) is 6.70. The van der Waals surface area contributed by atoms with E-state index in [1.165, 1.54) is 12.1 Å². The van der Waals surface area contributed by atoms with Crippen LogP contribution in [0.3, 0.4) is 0 Å². The average molecular weight is 454 g/mol. The number of carbonyl (C=O) groups excluding carboxylic acids is 1. The SMILES string of the molecule is Cc1c(Br)cc(C(=O)c2c(CCO)oc3cc(O)ccc23)cc1Br. The lowest BCUT2D eigenvalue weighted by atomic mass is 9.98. The van der Waals surface area contributed by atoms with E-state index in [0.717, 1.165) is 14.5 Å². The van der Waals surface area contributed by atoms with Gasteiger partial charge in [0.05, 0.1) is 12.2 Å². The Morgan fingerprint density at radius 2 is 1.83 bits per heavy atom. The Balaban J connectivity index is 2.20. The van der Waals surface area contributed by atoms with Gasteiger partial charge >= 0.3 is 0 Å². The second-order valence-electron chi connectivity index (χ2n) is 5.45. The van der Waals surface area contributed by atoms with E-state index in [4.69, 9.17) is 4.42 Å². The molecule has 124 valence electrons. The molecule has 0 unspecified atom stereocenters. The van der Waals surface area contributed by atoms with Gasteiger partial charge in [-0.25, -0.2) is 0 Å². The first-order chi connectivity index (χ1) is 11.4. The normalized spacial score (nSPS) is 11.2. The minimum absolute atomic E-state index is 0.0617. The first-order valence-corrected chi connectivity index (χ1v) is 8.86.